The molecule has 0 aromatic carbocycles. The summed E-state index contributed by atoms with van der Waals surface area (Å²) in [6.45, 7) is 3.97. The first-order valence-corrected chi connectivity index (χ1v) is 7.05. The summed E-state index contributed by atoms with van der Waals surface area (Å²) in [4.78, 5) is 23.1. The Morgan fingerprint density at radius 3 is 2.90 bits per heavy atom. The van der Waals surface area contributed by atoms with Crippen molar-refractivity contribution in [1.82, 2.24) is 24.5 Å². The third-order valence-corrected chi connectivity index (χ3v) is 3.63. The van der Waals surface area contributed by atoms with Crippen LogP contribution >= 0.6 is 11.8 Å². The van der Waals surface area contributed by atoms with Gasteiger partial charge in [-0.05, 0) is 13.8 Å². The minimum Gasteiger partial charge on any atom is -0.310 e. The number of aromatic nitrogens is 5. The molecule has 0 aliphatic rings. The minimum atomic E-state index is -0.300. The van der Waals surface area contributed by atoms with E-state index in [1.54, 1.807) is 24.0 Å². The third kappa shape index (κ3) is 3.10. The molecule has 9 heteroatoms. The fourth-order valence-electron chi connectivity index (χ4n) is 1.60. The molecule has 0 fully saturated rings. The van der Waals surface area contributed by atoms with Crippen LogP contribution in [0.25, 0.3) is 0 Å². The van der Waals surface area contributed by atoms with E-state index in [9.17, 15) is 9.59 Å². The highest BCUT2D eigenvalue weighted by Crippen LogP contribution is 2.15. The smallest absolute Gasteiger partial charge is 0.310 e. The van der Waals surface area contributed by atoms with Gasteiger partial charge in [-0.3, -0.25) is 9.36 Å². The first kappa shape index (κ1) is 14.4. The Morgan fingerprint density at radius 1 is 1.55 bits per heavy atom. The van der Waals surface area contributed by atoms with Gasteiger partial charge in [-0.25, -0.2) is 14.6 Å². The predicted molar refractivity (Wildman–Crippen MR) is 75.8 cm³/mol. The van der Waals surface area contributed by atoms with E-state index in [2.05, 4.69) is 20.6 Å². The maximum Gasteiger partial charge on any atom is 0.343 e. The topological polar surface area (TPSA) is 97.6 Å². The highest BCUT2D eigenvalue weighted by molar-refractivity contribution is 7.99. The Kier molecular flexibility index (Phi) is 4.28. The molecule has 0 aliphatic heterocycles. The van der Waals surface area contributed by atoms with Crippen LogP contribution in [-0.4, -0.2) is 36.2 Å². The maximum atomic E-state index is 11.9. The zero-order chi connectivity index (χ0) is 14.7. The number of amides is 1. The number of thioether (sulfide) groups is 1. The molecule has 2 heterocycles. The molecule has 0 saturated carbocycles. The summed E-state index contributed by atoms with van der Waals surface area (Å²) >= 11 is 1.19. The minimum absolute atomic E-state index is 0.167. The number of rotatable bonds is 5. The van der Waals surface area contributed by atoms with E-state index >= 15 is 0 Å². The van der Waals surface area contributed by atoms with Crippen LogP contribution in [0.3, 0.4) is 0 Å². The fraction of sp³-hybridized carbons (Fsp3) is 0.455. The lowest BCUT2D eigenvalue weighted by molar-refractivity contribution is -0.113. The first-order chi connectivity index (χ1) is 9.49. The van der Waals surface area contributed by atoms with Crippen LogP contribution in [-0.2, 0) is 11.8 Å². The van der Waals surface area contributed by atoms with Gasteiger partial charge in [0.2, 0.25) is 5.91 Å². The number of H-pyrrole nitrogens is 1. The average Bonchev–Trinajstić information content (AvgIpc) is 2.97. The number of hydrogen-bond acceptors (Lipinski definition) is 5. The number of nitrogens with zero attached hydrogens (tertiary/aromatic N) is 4. The Bertz CT molecular complexity index is 656. The van der Waals surface area contributed by atoms with Gasteiger partial charge in [0, 0.05) is 19.2 Å². The molecule has 2 aromatic heterocycles. The zero-order valence-corrected chi connectivity index (χ0v) is 12.3. The van der Waals surface area contributed by atoms with Gasteiger partial charge < -0.3 is 5.32 Å². The van der Waals surface area contributed by atoms with E-state index in [1.165, 1.54) is 16.3 Å². The number of aromatic amines is 1. The summed E-state index contributed by atoms with van der Waals surface area (Å²) in [6.07, 6.45) is 1.64. The zero-order valence-electron chi connectivity index (χ0n) is 11.5. The standard InChI is InChI=1S/C11H16N6O2S/c1-7(2)17-8(4-5-12-17)13-9(18)6-20-11-15-14-10(19)16(11)3/h4-5,7H,6H2,1-3H3,(H,13,18)(H,14,19). The fourth-order valence-corrected chi connectivity index (χ4v) is 2.31. The van der Waals surface area contributed by atoms with Crippen molar-refractivity contribution in [3.8, 4) is 0 Å². The molecule has 0 spiro atoms. The second kappa shape index (κ2) is 5.95. The van der Waals surface area contributed by atoms with E-state index in [-0.39, 0.29) is 23.4 Å². The van der Waals surface area contributed by atoms with Gasteiger partial charge in [-0.2, -0.15) is 5.10 Å². The summed E-state index contributed by atoms with van der Waals surface area (Å²) in [6, 6.07) is 1.91. The highest BCUT2D eigenvalue weighted by Gasteiger charge is 2.12. The second-order valence-electron chi connectivity index (χ2n) is 4.46. The van der Waals surface area contributed by atoms with Gasteiger partial charge in [0.15, 0.2) is 5.16 Å². The van der Waals surface area contributed by atoms with Gasteiger partial charge in [0.25, 0.3) is 0 Å². The van der Waals surface area contributed by atoms with E-state index in [0.29, 0.717) is 11.0 Å². The highest BCUT2D eigenvalue weighted by atomic mass is 32.2. The molecule has 0 radical (unpaired) electrons. The first-order valence-electron chi connectivity index (χ1n) is 6.06. The number of nitrogens with one attached hydrogen (secondary N) is 2. The van der Waals surface area contributed by atoms with Crippen molar-refractivity contribution in [2.75, 3.05) is 11.1 Å². The molecule has 1 amide bonds. The molecule has 20 heavy (non-hydrogen) atoms. The van der Waals surface area contributed by atoms with Crippen LogP contribution in [0.1, 0.15) is 19.9 Å². The summed E-state index contributed by atoms with van der Waals surface area (Å²) in [5.41, 5.74) is -0.300. The lowest BCUT2D eigenvalue weighted by Gasteiger charge is -2.11. The SMILES string of the molecule is CC(C)n1nccc1NC(=O)CSc1n[nH]c(=O)n1C. The van der Waals surface area contributed by atoms with Crippen LogP contribution in [0.15, 0.2) is 22.2 Å². The van der Waals surface area contributed by atoms with Crippen LogP contribution in [0.5, 0.6) is 0 Å². The molecule has 2 aromatic rings. The third-order valence-electron chi connectivity index (χ3n) is 2.60. The van der Waals surface area contributed by atoms with Crippen LogP contribution in [0.4, 0.5) is 5.82 Å². The quantitative estimate of drug-likeness (QED) is 0.788. The van der Waals surface area contributed by atoms with Crippen molar-refractivity contribution in [3.05, 3.63) is 22.7 Å². The van der Waals surface area contributed by atoms with E-state index in [4.69, 9.17) is 0 Å². The predicted octanol–water partition coefficient (Wildman–Crippen LogP) is 0.617. The van der Waals surface area contributed by atoms with E-state index in [1.807, 2.05) is 13.8 Å². The van der Waals surface area contributed by atoms with Crippen molar-refractivity contribution >= 4 is 23.5 Å². The maximum absolute atomic E-state index is 11.9. The van der Waals surface area contributed by atoms with Gasteiger partial charge >= 0.3 is 5.69 Å². The van der Waals surface area contributed by atoms with Crippen molar-refractivity contribution < 1.29 is 4.79 Å². The molecule has 0 bridgehead atoms. The summed E-state index contributed by atoms with van der Waals surface area (Å²) in [5.74, 6) is 0.649. The number of anilines is 1. The second-order valence-corrected chi connectivity index (χ2v) is 5.40. The van der Waals surface area contributed by atoms with Crippen LogP contribution < -0.4 is 11.0 Å². The molecule has 0 unspecified atom stereocenters. The van der Waals surface area contributed by atoms with Crippen LogP contribution in [0, 0.1) is 0 Å². The molecule has 108 valence electrons. The normalized spacial score (nSPS) is 11.0. The Hall–Kier alpha value is -2.03. The van der Waals surface area contributed by atoms with E-state index in [0.717, 1.165) is 0 Å². The molecule has 0 aliphatic carbocycles. The number of carbonyl (C=O) groups is 1. The molecule has 2 rings (SSSR count). The van der Waals surface area contributed by atoms with Crippen molar-refractivity contribution in [2.45, 2.75) is 25.0 Å². The largest absolute Gasteiger partial charge is 0.343 e. The molecule has 0 saturated heterocycles. The lowest BCUT2D eigenvalue weighted by Crippen LogP contribution is -2.19. The Labute approximate surface area is 119 Å². The Morgan fingerprint density at radius 2 is 2.30 bits per heavy atom. The summed E-state index contributed by atoms with van der Waals surface area (Å²) < 4.78 is 3.09. The number of hydrogen-bond donors (Lipinski definition) is 2. The van der Waals surface area contributed by atoms with Crippen molar-refractivity contribution in [3.63, 3.8) is 0 Å². The van der Waals surface area contributed by atoms with Gasteiger partial charge in [0.05, 0.1) is 11.9 Å². The monoisotopic (exact) mass is 296 g/mol. The van der Waals surface area contributed by atoms with Crippen LogP contribution in [0.2, 0.25) is 0 Å². The molecular formula is C11H16N6O2S. The molecule has 2 N–H and O–H groups in total. The summed E-state index contributed by atoms with van der Waals surface area (Å²) in [5, 5.41) is 13.5. The number of carbonyl (C=O) groups excluding carboxylic acids is 1. The molecule has 8 nitrogen and oxygen atoms in total. The van der Waals surface area contributed by atoms with Gasteiger partial charge in [-0.15, -0.1) is 5.10 Å². The van der Waals surface area contributed by atoms with Gasteiger partial charge in [0.1, 0.15) is 5.82 Å². The van der Waals surface area contributed by atoms with Crippen molar-refractivity contribution in [1.29, 1.82) is 0 Å². The Balaban J connectivity index is 1.94. The average molecular weight is 296 g/mol. The van der Waals surface area contributed by atoms with Gasteiger partial charge in [-0.1, -0.05) is 11.8 Å². The molecular weight excluding hydrogens is 280 g/mol. The summed E-state index contributed by atoms with van der Waals surface area (Å²) in [7, 11) is 1.60. The molecule has 0 atom stereocenters. The van der Waals surface area contributed by atoms with E-state index < -0.39 is 0 Å². The lowest BCUT2D eigenvalue weighted by atomic mass is 10.4. The van der Waals surface area contributed by atoms with Crippen molar-refractivity contribution in [2.24, 2.45) is 7.05 Å².